The Hall–Kier alpha value is -0.610. The number of rotatable bonds is 10. The molecule has 0 aromatic rings. The molecule has 0 radical (unpaired) electrons. The van der Waals surface area contributed by atoms with E-state index in [2.05, 4.69) is 6.92 Å². The summed E-state index contributed by atoms with van der Waals surface area (Å²) in [4.78, 5) is 11.9. The van der Waals surface area contributed by atoms with Gasteiger partial charge in [0.2, 0.25) is 0 Å². The van der Waals surface area contributed by atoms with Gasteiger partial charge in [-0.25, -0.2) is 0 Å². The first kappa shape index (κ1) is 20.1. The molecule has 3 fully saturated rings. The Bertz CT molecular complexity index is 430. The van der Waals surface area contributed by atoms with Crippen LogP contribution in [0, 0.1) is 29.6 Å². The van der Waals surface area contributed by atoms with Gasteiger partial charge in [-0.3, -0.25) is 4.79 Å². The van der Waals surface area contributed by atoms with Gasteiger partial charge in [0.1, 0.15) is 0 Å². The summed E-state index contributed by atoms with van der Waals surface area (Å²) in [7, 11) is 0. The van der Waals surface area contributed by atoms with Crippen LogP contribution in [-0.2, 0) is 14.3 Å². The van der Waals surface area contributed by atoms with Crippen molar-refractivity contribution in [2.24, 2.45) is 29.6 Å². The minimum absolute atomic E-state index is 0.0744. The van der Waals surface area contributed by atoms with E-state index in [1.165, 1.54) is 51.4 Å². The molecule has 26 heavy (non-hydrogen) atoms. The van der Waals surface area contributed by atoms with E-state index in [9.17, 15) is 9.90 Å². The van der Waals surface area contributed by atoms with Crippen LogP contribution in [0.15, 0.2) is 0 Å². The molecule has 4 heteroatoms. The fraction of sp³-hybridized carbons (Fsp3) is 0.955. The zero-order valence-electron chi connectivity index (χ0n) is 16.5. The maximum Gasteiger partial charge on any atom is 0.305 e. The predicted molar refractivity (Wildman–Crippen MR) is 101 cm³/mol. The van der Waals surface area contributed by atoms with Crippen molar-refractivity contribution >= 4 is 5.97 Å². The molecule has 0 aromatic carbocycles. The molecule has 4 nitrogen and oxygen atoms in total. The normalized spacial score (nSPS) is 34.8. The van der Waals surface area contributed by atoms with Crippen molar-refractivity contribution in [1.82, 2.24) is 0 Å². The number of esters is 1. The van der Waals surface area contributed by atoms with Gasteiger partial charge in [-0.15, -0.1) is 0 Å². The van der Waals surface area contributed by atoms with Crippen LogP contribution in [0.3, 0.4) is 0 Å². The summed E-state index contributed by atoms with van der Waals surface area (Å²) >= 11 is 0. The number of carbonyl (C=O) groups is 1. The highest BCUT2D eigenvalue weighted by Gasteiger charge is 2.42. The Kier molecular flexibility index (Phi) is 7.80. The summed E-state index contributed by atoms with van der Waals surface area (Å²) in [5, 5.41) is 9.96. The molecule has 1 N–H and O–H groups in total. The van der Waals surface area contributed by atoms with Gasteiger partial charge >= 0.3 is 5.97 Å². The number of hydrogen-bond donors (Lipinski definition) is 1. The zero-order valence-corrected chi connectivity index (χ0v) is 16.5. The van der Waals surface area contributed by atoms with Crippen LogP contribution in [0.25, 0.3) is 0 Å². The molecular weight excluding hydrogens is 328 g/mol. The number of ether oxygens (including phenoxy) is 2. The van der Waals surface area contributed by atoms with E-state index in [4.69, 9.17) is 9.47 Å². The van der Waals surface area contributed by atoms with Gasteiger partial charge in [-0.2, -0.15) is 0 Å². The highest BCUT2D eigenvalue weighted by molar-refractivity contribution is 5.69. The molecule has 3 aliphatic rings. The van der Waals surface area contributed by atoms with Gasteiger partial charge in [0, 0.05) is 6.42 Å². The first-order chi connectivity index (χ1) is 12.6. The Morgan fingerprint density at radius 2 is 1.73 bits per heavy atom. The molecule has 0 bridgehead atoms. The lowest BCUT2D eigenvalue weighted by atomic mass is 9.83. The van der Waals surface area contributed by atoms with Gasteiger partial charge in [0.05, 0.1) is 13.2 Å². The summed E-state index contributed by atoms with van der Waals surface area (Å²) in [6, 6.07) is 0. The molecule has 0 aliphatic heterocycles. The van der Waals surface area contributed by atoms with Crippen LogP contribution in [0.5, 0.6) is 0 Å². The van der Waals surface area contributed by atoms with E-state index in [1.807, 2.05) is 0 Å². The number of hydrogen-bond acceptors (Lipinski definition) is 4. The molecule has 0 saturated heterocycles. The number of unbranched alkanes of at least 4 members (excludes halogenated alkanes) is 1. The highest BCUT2D eigenvalue weighted by Crippen LogP contribution is 2.51. The van der Waals surface area contributed by atoms with Crippen molar-refractivity contribution in [3.05, 3.63) is 0 Å². The molecule has 3 aliphatic carbocycles. The minimum Gasteiger partial charge on any atom is -0.465 e. The largest absolute Gasteiger partial charge is 0.465 e. The second-order valence-electron chi connectivity index (χ2n) is 9.28. The number of aliphatic hydroxyl groups is 1. The fourth-order valence-corrected chi connectivity index (χ4v) is 4.80. The molecule has 0 heterocycles. The maximum absolute atomic E-state index is 11.9. The number of aliphatic hydroxyl groups excluding tert-OH is 1. The molecule has 4 atom stereocenters. The van der Waals surface area contributed by atoms with E-state index in [0.717, 1.165) is 30.6 Å². The third kappa shape index (κ3) is 6.84. The molecular formula is C22H38O4. The zero-order chi connectivity index (χ0) is 18.4. The summed E-state index contributed by atoms with van der Waals surface area (Å²) in [5.41, 5.74) is 0. The van der Waals surface area contributed by atoms with E-state index in [-0.39, 0.29) is 5.97 Å². The van der Waals surface area contributed by atoms with Crippen LogP contribution in [0.1, 0.15) is 84.0 Å². The number of carbonyl (C=O) groups excluding carboxylic acids is 1. The summed E-state index contributed by atoms with van der Waals surface area (Å²) in [6.45, 7) is 3.61. The Labute approximate surface area is 159 Å². The third-order valence-electron chi connectivity index (χ3n) is 6.87. The molecule has 0 spiro atoms. The molecule has 150 valence electrons. The van der Waals surface area contributed by atoms with Gasteiger partial charge < -0.3 is 14.6 Å². The Balaban J connectivity index is 1.15. The van der Waals surface area contributed by atoms with Gasteiger partial charge in [0.25, 0.3) is 0 Å². The van der Waals surface area contributed by atoms with Crippen molar-refractivity contribution in [3.8, 4) is 0 Å². The fourth-order valence-electron chi connectivity index (χ4n) is 4.80. The monoisotopic (exact) mass is 366 g/mol. The molecule has 0 aromatic heterocycles. The molecule has 0 amide bonds. The quantitative estimate of drug-likeness (QED) is 0.346. The summed E-state index contributed by atoms with van der Waals surface area (Å²) in [5.74, 6) is 3.92. The Morgan fingerprint density at radius 1 is 0.962 bits per heavy atom. The van der Waals surface area contributed by atoms with Crippen LogP contribution in [-0.4, -0.2) is 30.6 Å². The Morgan fingerprint density at radius 3 is 2.50 bits per heavy atom. The van der Waals surface area contributed by atoms with Crippen molar-refractivity contribution in [3.63, 3.8) is 0 Å². The van der Waals surface area contributed by atoms with Crippen LogP contribution in [0.2, 0.25) is 0 Å². The first-order valence-corrected chi connectivity index (χ1v) is 11.1. The van der Waals surface area contributed by atoms with Crippen molar-refractivity contribution in [2.45, 2.75) is 90.3 Å². The third-order valence-corrected chi connectivity index (χ3v) is 6.87. The minimum atomic E-state index is -0.681. The van der Waals surface area contributed by atoms with E-state index < -0.39 is 6.29 Å². The summed E-state index contributed by atoms with van der Waals surface area (Å²) in [6.07, 6.45) is 12.2. The van der Waals surface area contributed by atoms with E-state index in [1.54, 1.807) is 0 Å². The second kappa shape index (κ2) is 10.1. The van der Waals surface area contributed by atoms with Crippen molar-refractivity contribution in [2.75, 3.05) is 13.2 Å². The van der Waals surface area contributed by atoms with Gasteiger partial charge in [0.15, 0.2) is 6.29 Å². The van der Waals surface area contributed by atoms with E-state index in [0.29, 0.717) is 37.9 Å². The van der Waals surface area contributed by atoms with Crippen LogP contribution < -0.4 is 0 Å². The van der Waals surface area contributed by atoms with Crippen LogP contribution in [0.4, 0.5) is 0 Å². The molecule has 3 saturated carbocycles. The smallest absolute Gasteiger partial charge is 0.305 e. The van der Waals surface area contributed by atoms with Gasteiger partial charge in [-0.1, -0.05) is 19.8 Å². The molecule has 3 rings (SSSR count). The van der Waals surface area contributed by atoms with Crippen molar-refractivity contribution < 1.29 is 19.4 Å². The van der Waals surface area contributed by atoms with E-state index >= 15 is 0 Å². The SMILES string of the molecule is CC1CCC(COC(O)CCCCC(=O)OCC2CCC3CC3C2)CC1. The topological polar surface area (TPSA) is 55.8 Å². The van der Waals surface area contributed by atoms with Gasteiger partial charge in [-0.05, 0) is 87.4 Å². The summed E-state index contributed by atoms with van der Waals surface area (Å²) < 4.78 is 11.1. The second-order valence-corrected chi connectivity index (χ2v) is 9.28. The lowest BCUT2D eigenvalue weighted by molar-refractivity contribution is -0.146. The lowest BCUT2D eigenvalue weighted by Crippen LogP contribution is -2.21. The highest BCUT2D eigenvalue weighted by atomic mass is 16.6. The first-order valence-electron chi connectivity index (χ1n) is 11.1. The average molecular weight is 367 g/mol. The lowest BCUT2D eigenvalue weighted by Gasteiger charge is -2.26. The van der Waals surface area contributed by atoms with Crippen LogP contribution >= 0.6 is 0 Å². The predicted octanol–water partition coefficient (Wildman–Crippen LogP) is 4.69. The average Bonchev–Trinajstić information content (AvgIpc) is 3.42. The molecule has 4 unspecified atom stereocenters. The number of fused-ring (bicyclic) bond motifs is 1. The maximum atomic E-state index is 11.9. The standard InChI is InChI=1S/C22H38O4/c1-16-6-8-17(9-7-16)14-25-21(23)4-2-3-5-22(24)26-15-18-10-11-19-13-20(19)12-18/h16-21,23H,2-15H2,1H3. The van der Waals surface area contributed by atoms with Crippen molar-refractivity contribution in [1.29, 1.82) is 0 Å².